The number of nitrogens with zero attached hydrogens (tertiary/aromatic N) is 2. The molecule has 134 valence electrons. The van der Waals surface area contributed by atoms with E-state index in [2.05, 4.69) is 5.16 Å². The van der Waals surface area contributed by atoms with Gasteiger partial charge in [-0.3, -0.25) is 9.59 Å². The fraction of sp³-hybridized carbons (Fsp3) is 0.368. The number of hydrogen-bond donors (Lipinski definition) is 1. The Morgan fingerprint density at radius 3 is 2.42 bits per heavy atom. The van der Waals surface area contributed by atoms with Crippen LogP contribution in [0.15, 0.2) is 34.5 Å². The molecule has 3 aliphatic rings. The SMILES string of the molecule is O=C(O)CON=C1CCc2ccc(N3C(=O)C4=C(CCCC4)C3=O)cc21. The van der Waals surface area contributed by atoms with Crippen molar-refractivity contribution in [3.05, 3.63) is 40.5 Å². The Bertz CT molecular complexity index is 856. The third-order valence-electron chi connectivity index (χ3n) is 5.05. The molecule has 0 radical (unpaired) electrons. The van der Waals surface area contributed by atoms with Crippen molar-refractivity contribution in [3.8, 4) is 0 Å². The van der Waals surface area contributed by atoms with Crippen LogP contribution in [-0.4, -0.2) is 35.2 Å². The number of oxime groups is 1. The smallest absolute Gasteiger partial charge is 0.344 e. The highest BCUT2D eigenvalue weighted by Gasteiger charge is 2.40. The largest absolute Gasteiger partial charge is 0.479 e. The van der Waals surface area contributed by atoms with Crippen LogP contribution in [-0.2, 0) is 25.6 Å². The molecule has 1 aromatic rings. The van der Waals surface area contributed by atoms with Gasteiger partial charge in [0, 0.05) is 16.7 Å². The Hall–Kier alpha value is -2.96. The number of anilines is 1. The fourth-order valence-corrected chi connectivity index (χ4v) is 3.81. The average molecular weight is 354 g/mol. The van der Waals surface area contributed by atoms with Crippen LogP contribution in [0.2, 0.25) is 0 Å². The minimum atomic E-state index is -1.09. The molecule has 1 N–H and O–H groups in total. The van der Waals surface area contributed by atoms with Gasteiger partial charge in [0.15, 0.2) is 0 Å². The van der Waals surface area contributed by atoms with E-state index in [9.17, 15) is 14.4 Å². The number of hydrogen-bond acceptors (Lipinski definition) is 5. The molecule has 2 aliphatic carbocycles. The molecule has 0 saturated carbocycles. The van der Waals surface area contributed by atoms with Gasteiger partial charge in [-0.2, -0.15) is 0 Å². The molecule has 1 aliphatic heterocycles. The molecule has 0 saturated heterocycles. The van der Waals surface area contributed by atoms with Crippen LogP contribution in [0.1, 0.15) is 43.2 Å². The van der Waals surface area contributed by atoms with Crippen LogP contribution in [0.3, 0.4) is 0 Å². The van der Waals surface area contributed by atoms with Gasteiger partial charge in [-0.15, -0.1) is 0 Å². The number of aliphatic carboxylic acids is 1. The number of amides is 2. The zero-order valence-electron chi connectivity index (χ0n) is 14.2. The van der Waals surface area contributed by atoms with Gasteiger partial charge in [0.05, 0.1) is 11.4 Å². The highest BCUT2D eigenvalue weighted by Crippen LogP contribution is 2.37. The lowest BCUT2D eigenvalue weighted by Gasteiger charge is -2.16. The Morgan fingerprint density at radius 2 is 1.77 bits per heavy atom. The van der Waals surface area contributed by atoms with Crippen LogP contribution in [0.25, 0.3) is 0 Å². The first-order valence-corrected chi connectivity index (χ1v) is 8.71. The summed E-state index contributed by atoms with van der Waals surface area (Å²) in [6.07, 6.45) is 4.60. The highest BCUT2D eigenvalue weighted by molar-refractivity contribution is 6.33. The van der Waals surface area contributed by atoms with Crippen molar-refractivity contribution in [2.45, 2.75) is 38.5 Å². The van der Waals surface area contributed by atoms with Crippen LogP contribution in [0.5, 0.6) is 0 Å². The maximum Gasteiger partial charge on any atom is 0.344 e. The van der Waals surface area contributed by atoms with Gasteiger partial charge in [0.25, 0.3) is 11.8 Å². The minimum absolute atomic E-state index is 0.219. The standard InChI is InChI=1S/C19H18N2O5/c22-17(23)10-26-20-16-8-6-11-5-7-12(9-15(11)16)21-18(24)13-3-1-2-4-14(13)19(21)25/h5,7,9H,1-4,6,8,10H2,(H,22,23). The number of fused-ring (bicyclic) bond motifs is 1. The maximum atomic E-state index is 12.7. The Balaban J connectivity index is 1.63. The molecular weight excluding hydrogens is 336 g/mol. The van der Waals surface area contributed by atoms with Crippen molar-refractivity contribution in [1.29, 1.82) is 0 Å². The normalized spacial score (nSPS) is 20.6. The number of benzene rings is 1. The molecule has 26 heavy (non-hydrogen) atoms. The first-order chi connectivity index (χ1) is 12.6. The second kappa shape index (κ2) is 6.40. The molecule has 0 fully saturated rings. The number of rotatable bonds is 4. The van der Waals surface area contributed by atoms with E-state index in [-0.39, 0.29) is 11.8 Å². The third-order valence-corrected chi connectivity index (χ3v) is 5.05. The second-order valence-corrected chi connectivity index (χ2v) is 6.66. The maximum absolute atomic E-state index is 12.7. The van der Waals surface area contributed by atoms with E-state index in [1.54, 1.807) is 12.1 Å². The Labute approximate surface area is 149 Å². The summed E-state index contributed by atoms with van der Waals surface area (Å²) in [5.41, 5.74) is 4.32. The predicted octanol–water partition coefficient (Wildman–Crippen LogP) is 2.18. The van der Waals surface area contributed by atoms with E-state index in [0.29, 0.717) is 41.8 Å². The van der Waals surface area contributed by atoms with E-state index in [1.165, 1.54) is 4.90 Å². The Morgan fingerprint density at radius 1 is 1.08 bits per heavy atom. The van der Waals surface area contributed by atoms with Crippen molar-refractivity contribution < 1.29 is 24.3 Å². The lowest BCUT2D eigenvalue weighted by molar-refractivity contribution is -0.142. The summed E-state index contributed by atoms with van der Waals surface area (Å²) in [5, 5.41) is 12.6. The van der Waals surface area contributed by atoms with Crippen LogP contribution >= 0.6 is 0 Å². The van der Waals surface area contributed by atoms with Crippen LogP contribution in [0, 0.1) is 0 Å². The monoisotopic (exact) mass is 354 g/mol. The number of carbonyl (C=O) groups excluding carboxylic acids is 2. The number of carbonyl (C=O) groups is 3. The molecular formula is C19H18N2O5. The molecule has 0 unspecified atom stereocenters. The van der Waals surface area contributed by atoms with Crippen molar-refractivity contribution in [3.63, 3.8) is 0 Å². The second-order valence-electron chi connectivity index (χ2n) is 6.66. The predicted molar refractivity (Wildman–Crippen MR) is 92.9 cm³/mol. The van der Waals surface area contributed by atoms with Gasteiger partial charge in [-0.25, -0.2) is 9.69 Å². The molecule has 1 heterocycles. The van der Waals surface area contributed by atoms with E-state index < -0.39 is 12.6 Å². The van der Waals surface area contributed by atoms with E-state index in [4.69, 9.17) is 9.94 Å². The topological polar surface area (TPSA) is 96.3 Å². The molecule has 0 bridgehead atoms. The van der Waals surface area contributed by atoms with E-state index in [0.717, 1.165) is 30.4 Å². The molecule has 0 spiro atoms. The highest BCUT2D eigenvalue weighted by atomic mass is 16.6. The van der Waals surface area contributed by atoms with Crippen molar-refractivity contribution in [2.75, 3.05) is 11.5 Å². The van der Waals surface area contributed by atoms with Gasteiger partial charge < -0.3 is 9.94 Å². The van der Waals surface area contributed by atoms with Crippen LogP contribution < -0.4 is 4.90 Å². The zero-order valence-corrected chi connectivity index (χ0v) is 14.2. The first-order valence-electron chi connectivity index (χ1n) is 8.71. The molecule has 0 atom stereocenters. The lowest BCUT2D eigenvalue weighted by atomic mass is 9.93. The molecule has 2 amide bonds. The summed E-state index contributed by atoms with van der Waals surface area (Å²) in [6.45, 7) is -0.502. The van der Waals surface area contributed by atoms with Gasteiger partial charge in [0.1, 0.15) is 0 Å². The molecule has 4 rings (SSSR count). The van der Waals surface area contributed by atoms with Gasteiger partial charge in [0.2, 0.25) is 6.61 Å². The third kappa shape index (κ3) is 2.69. The van der Waals surface area contributed by atoms with Gasteiger partial charge >= 0.3 is 5.97 Å². The van der Waals surface area contributed by atoms with E-state index >= 15 is 0 Å². The summed E-state index contributed by atoms with van der Waals surface area (Å²) < 4.78 is 0. The number of imide groups is 1. The lowest BCUT2D eigenvalue weighted by Crippen LogP contribution is -2.31. The first kappa shape index (κ1) is 16.5. The zero-order chi connectivity index (χ0) is 18.3. The van der Waals surface area contributed by atoms with Crippen molar-refractivity contribution in [1.82, 2.24) is 0 Å². The Kier molecular flexibility index (Phi) is 4.06. The van der Waals surface area contributed by atoms with Crippen molar-refractivity contribution >= 4 is 29.2 Å². The quantitative estimate of drug-likeness (QED) is 0.660. The van der Waals surface area contributed by atoms with Crippen LogP contribution in [0.4, 0.5) is 5.69 Å². The molecule has 7 heteroatoms. The molecule has 0 aromatic heterocycles. The summed E-state index contributed by atoms with van der Waals surface area (Å²) in [6, 6.07) is 5.45. The number of aryl methyl sites for hydroxylation is 1. The summed E-state index contributed by atoms with van der Waals surface area (Å²) in [4.78, 5) is 42.1. The van der Waals surface area contributed by atoms with Crippen molar-refractivity contribution in [2.24, 2.45) is 5.16 Å². The molecule has 1 aromatic carbocycles. The summed E-state index contributed by atoms with van der Waals surface area (Å²) in [7, 11) is 0. The number of carboxylic acid groups (broad SMARTS) is 1. The fourth-order valence-electron chi connectivity index (χ4n) is 3.81. The summed E-state index contributed by atoms with van der Waals surface area (Å²) >= 11 is 0. The average Bonchev–Trinajstić information content (AvgIpc) is 3.14. The van der Waals surface area contributed by atoms with E-state index in [1.807, 2.05) is 6.07 Å². The number of carboxylic acids is 1. The minimum Gasteiger partial charge on any atom is -0.479 e. The van der Waals surface area contributed by atoms with Gasteiger partial charge in [-0.1, -0.05) is 11.2 Å². The molecule has 7 nitrogen and oxygen atoms in total. The summed E-state index contributed by atoms with van der Waals surface area (Å²) in [5.74, 6) is -1.53. The van der Waals surface area contributed by atoms with Gasteiger partial charge in [-0.05, 0) is 56.2 Å².